The van der Waals surface area contributed by atoms with Crippen LogP contribution in [0.4, 0.5) is 5.69 Å². The average Bonchev–Trinajstić information content (AvgIpc) is 2.61. The maximum Gasteiger partial charge on any atom is 0.243 e. The van der Waals surface area contributed by atoms with Gasteiger partial charge < -0.3 is 10.1 Å². The molecule has 0 aliphatic heterocycles. The van der Waals surface area contributed by atoms with Crippen molar-refractivity contribution in [3.8, 4) is 5.75 Å². The number of carbonyl (C=O) groups excluding carboxylic acids is 1. The highest BCUT2D eigenvalue weighted by atomic mass is 35.5. The average molecular weight is 411 g/mol. The normalized spacial score (nSPS) is 12.3. The van der Waals surface area contributed by atoms with E-state index in [1.54, 1.807) is 12.1 Å². The van der Waals surface area contributed by atoms with Crippen LogP contribution in [0.2, 0.25) is 5.02 Å². The van der Waals surface area contributed by atoms with Gasteiger partial charge in [-0.1, -0.05) is 41.9 Å². The Hall–Kier alpha value is -2.25. The van der Waals surface area contributed by atoms with E-state index in [1.807, 2.05) is 30.3 Å². The lowest BCUT2D eigenvalue weighted by Gasteiger charge is -2.28. The highest BCUT2D eigenvalue weighted by Gasteiger charge is 2.29. The Morgan fingerprint density at radius 2 is 1.89 bits per heavy atom. The fraction of sp³-hybridized carbons (Fsp3) is 0.316. The molecule has 0 unspecified atom stereocenters. The van der Waals surface area contributed by atoms with Gasteiger partial charge >= 0.3 is 0 Å². The molecule has 0 saturated carbocycles. The molecular formula is C19H23ClN2O4S. The summed E-state index contributed by atoms with van der Waals surface area (Å²) in [6.07, 6.45) is 1.71. The van der Waals surface area contributed by atoms with E-state index in [4.69, 9.17) is 16.3 Å². The van der Waals surface area contributed by atoms with Crippen molar-refractivity contribution in [1.29, 1.82) is 0 Å². The van der Waals surface area contributed by atoms with Gasteiger partial charge in [0, 0.05) is 6.54 Å². The topological polar surface area (TPSA) is 75.7 Å². The van der Waals surface area contributed by atoms with Gasteiger partial charge in [0.2, 0.25) is 15.9 Å². The fourth-order valence-electron chi connectivity index (χ4n) is 2.72. The highest BCUT2D eigenvalue weighted by Crippen LogP contribution is 2.31. The van der Waals surface area contributed by atoms with Crippen LogP contribution in [0.15, 0.2) is 48.5 Å². The summed E-state index contributed by atoms with van der Waals surface area (Å²) in [6.45, 7) is 1.95. The maximum absolute atomic E-state index is 12.5. The van der Waals surface area contributed by atoms with E-state index in [-0.39, 0.29) is 10.9 Å². The molecule has 2 aromatic rings. The van der Waals surface area contributed by atoms with Gasteiger partial charge in [-0.2, -0.15) is 0 Å². The van der Waals surface area contributed by atoms with Crippen molar-refractivity contribution in [3.05, 3.63) is 59.1 Å². The largest absolute Gasteiger partial charge is 0.495 e. The Morgan fingerprint density at radius 1 is 1.22 bits per heavy atom. The molecule has 0 aromatic heterocycles. The van der Waals surface area contributed by atoms with Crippen LogP contribution in [0.1, 0.15) is 12.5 Å². The van der Waals surface area contributed by atoms with Crippen LogP contribution in [0.5, 0.6) is 5.75 Å². The number of amides is 1. The van der Waals surface area contributed by atoms with Gasteiger partial charge in [0.15, 0.2) is 0 Å². The molecule has 0 bridgehead atoms. The minimum absolute atomic E-state index is 0.264. The Balaban J connectivity index is 2.13. The molecule has 1 amide bonds. The number of halogens is 1. The first-order chi connectivity index (χ1) is 12.7. The van der Waals surface area contributed by atoms with Crippen molar-refractivity contribution >= 4 is 33.2 Å². The predicted molar refractivity (Wildman–Crippen MR) is 108 cm³/mol. The highest BCUT2D eigenvalue weighted by molar-refractivity contribution is 7.92. The molecule has 0 aliphatic rings. The summed E-state index contributed by atoms with van der Waals surface area (Å²) < 4.78 is 30.8. The van der Waals surface area contributed by atoms with Crippen LogP contribution in [0.3, 0.4) is 0 Å². The summed E-state index contributed by atoms with van der Waals surface area (Å²) in [7, 11) is -2.23. The third-order valence-electron chi connectivity index (χ3n) is 4.03. The van der Waals surface area contributed by atoms with Gasteiger partial charge in [-0.3, -0.25) is 9.10 Å². The van der Waals surface area contributed by atoms with E-state index in [9.17, 15) is 13.2 Å². The first-order valence-electron chi connectivity index (χ1n) is 8.38. The lowest BCUT2D eigenvalue weighted by atomic mass is 10.1. The monoisotopic (exact) mass is 410 g/mol. The lowest BCUT2D eigenvalue weighted by Crippen LogP contribution is -2.48. The van der Waals surface area contributed by atoms with Crippen molar-refractivity contribution in [3.63, 3.8) is 0 Å². The molecule has 6 nitrogen and oxygen atoms in total. The minimum atomic E-state index is -3.70. The number of anilines is 1. The molecule has 0 saturated heterocycles. The van der Waals surface area contributed by atoms with Crippen LogP contribution >= 0.6 is 11.6 Å². The summed E-state index contributed by atoms with van der Waals surface area (Å²) >= 11 is 6.11. The second-order valence-electron chi connectivity index (χ2n) is 6.08. The molecular weight excluding hydrogens is 388 g/mol. The van der Waals surface area contributed by atoms with E-state index in [1.165, 1.54) is 20.1 Å². The van der Waals surface area contributed by atoms with Gasteiger partial charge in [0.1, 0.15) is 11.8 Å². The first kappa shape index (κ1) is 21.1. The molecule has 0 spiro atoms. The smallest absolute Gasteiger partial charge is 0.243 e. The van der Waals surface area contributed by atoms with Gasteiger partial charge in [-0.05, 0) is 37.1 Å². The third-order valence-corrected chi connectivity index (χ3v) is 5.57. The van der Waals surface area contributed by atoms with Gasteiger partial charge in [-0.15, -0.1) is 0 Å². The van der Waals surface area contributed by atoms with Crippen LogP contribution in [-0.4, -0.2) is 40.3 Å². The number of sulfonamides is 1. The van der Waals surface area contributed by atoms with Crippen molar-refractivity contribution in [1.82, 2.24) is 5.32 Å². The second kappa shape index (κ2) is 9.10. The standard InChI is InChI=1S/C19H23ClN2O4S/c1-14(19(23)21-12-11-15-7-5-4-6-8-15)22(27(3,24)25)16-9-10-18(26-2)17(20)13-16/h4-10,13-14H,11-12H2,1-3H3,(H,21,23)/t14-/m0/s1. The molecule has 2 rings (SSSR count). The fourth-order valence-corrected chi connectivity index (χ4v) is 4.14. The van der Waals surface area contributed by atoms with Crippen LogP contribution in [0.25, 0.3) is 0 Å². The molecule has 146 valence electrons. The summed E-state index contributed by atoms with van der Waals surface area (Å²) in [5, 5.41) is 3.05. The molecule has 0 radical (unpaired) electrons. The van der Waals surface area contributed by atoms with E-state index < -0.39 is 16.1 Å². The summed E-state index contributed by atoms with van der Waals surface area (Å²) in [5.41, 5.74) is 1.39. The van der Waals surface area contributed by atoms with Crippen molar-refractivity contribution in [2.45, 2.75) is 19.4 Å². The zero-order valence-electron chi connectivity index (χ0n) is 15.5. The molecule has 0 aliphatic carbocycles. The van der Waals surface area contributed by atoms with Gasteiger partial charge in [0.25, 0.3) is 0 Å². The number of nitrogens with one attached hydrogen (secondary N) is 1. The number of methoxy groups -OCH3 is 1. The number of carbonyl (C=O) groups is 1. The van der Waals surface area contributed by atoms with Crippen molar-refractivity contribution in [2.24, 2.45) is 0 Å². The van der Waals surface area contributed by atoms with E-state index in [2.05, 4.69) is 5.32 Å². The van der Waals surface area contributed by atoms with Crippen LogP contribution in [0, 0.1) is 0 Å². The van der Waals surface area contributed by atoms with Gasteiger partial charge in [0.05, 0.1) is 24.1 Å². The number of rotatable bonds is 8. The number of nitrogens with zero attached hydrogens (tertiary/aromatic N) is 1. The van der Waals surface area contributed by atoms with E-state index >= 15 is 0 Å². The Kier molecular flexibility index (Phi) is 7.10. The summed E-state index contributed by atoms with van der Waals surface area (Å²) in [6, 6.07) is 13.4. The Labute approximate surface area is 165 Å². The zero-order valence-corrected chi connectivity index (χ0v) is 17.0. The summed E-state index contributed by atoms with van der Waals surface area (Å²) in [4.78, 5) is 12.5. The molecule has 27 heavy (non-hydrogen) atoms. The Bertz CT molecular complexity index is 888. The second-order valence-corrected chi connectivity index (χ2v) is 8.35. The third kappa shape index (κ3) is 5.61. The molecule has 1 N–H and O–H groups in total. The van der Waals surface area contributed by atoms with Crippen LogP contribution < -0.4 is 14.4 Å². The van der Waals surface area contributed by atoms with Crippen molar-refractivity contribution < 1.29 is 17.9 Å². The molecule has 0 fully saturated rings. The lowest BCUT2D eigenvalue weighted by molar-refractivity contribution is -0.121. The zero-order chi connectivity index (χ0) is 20.0. The summed E-state index contributed by atoms with van der Waals surface area (Å²) in [5.74, 6) is 0.0390. The number of benzene rings is 2. The number of ether oxygens (including phenoxy) is 1. The number of hydrogen-bond acceptors (Lipinski definition) is 4. The van der Waals surface area contributed by atoms with Crippen molar-refractivity contribution in [2.75, 3.05) is 24.2 Å². The number of hydrogen-bond donors (Lipinski definition) is 1. The van der Waals surface area contributed by atoms with Gasteiger partial charge in [-0.25, -0.2) is 8.42 Å². The predicted octanol–water partition coefficient (Wildman–Crippen LogP) is 2.86. The van der Waals surface area contributed by atoms with E-state index in [0.29, 0.717) is 24.4 Å². The molecule has 2 aromatic carbocycles. The quantitative estimate of drug-likeness (QED) is 0.726. The first-order valence-corrected chi connectivity index (χ1v) is 10.6. The molecule has 8 heteroatoms. The maximum atomic E-state index is 12.5. The Morgan fingerprint density at radius 3 is 2.44 bits per heavy atom. The molecule has 1 atom stereocenters. The van der Waals surface area contributed by atoms with E-state index in [0.717, 1.165) is 16.1 Å². The van der Waals surface area contributed by atoms with Crippen LogP contribution in [-0.2, 0) is 21.2 Å². The molecule has 0 heterocycles. The minimum Gasteiger partial charge on any atom is -0.495 e. The SMILES string of the molecule is COc1ccc(N([C@@H](C)C(=O)NCCc2ccccc2)S(C)(=O)=O)cc1Cl.